The van der Waals surface area contributed by atoms with Crippen LogP contribution in [0.25, 0.3) is 5.69 Å². The Morgan fingerprint density at radius 1 is 0.947 bits per heavy atom. The van der Waals surface area contributed by atoms with E-state index < -0.39 is 0 Å². The van der Waals surface area contributed by atoms with Gasteiger partial charge in [0.05, 0.1) is 11.4 Å². The van der Waals surface area contributed by atoms with Gasteiger partial charge in [0, 0.05) is 5.69 Å². The van der Waals surface area contributed by atoms with Gasteiger partial charge in [-0.1, -0.05) is 19.9 Å². The first-order chi connectivity index (χ1) is 9.24. The van der Waals surface area contributed by atoms with Gasteiger partial charge in [-0.2, -0.15) is 5.10 Å². The van der Waals surface area contributed by atoms with Crippen LogP contribution >= 0.6 is 0 Å². The van der Waals surface area contributed by atoms with E-state index in [0.717, 1.165) is 5.69 Å². The van der Waals surface area contributed by atoms with Gasteiger partial charge in [-0.15, -0.1) is 0 Å². The SMILES string of the molecule is CC.Cc1cc(C)n(-c2ccc3c(c2)CCCC3)n1. The number of hydrogen-bond donors (Lipinski definition) is 0. The van der Waals surface area contributed by atoms with E-state index in [9.17, 15) is 0 Å². The molecule has 0 unspecified atom stereocenters. The molecule has 0 radical (unpaired) electrons. The second-order valence-corrected chi connectivity index (χ2v) is 5.00. The largest absolute Gasteiger partial charge is 0.238 e. The molecule has 1 heterocycles. The Morgan fingerprint density at radius 2 is 1.63 bits per heavy atom. The van der Waals surface area contributed by atoms with Crippen LogP contribution in [0.3, 0.4) is 0 Å². The van der Waals surface area contributed by atoms with Gasteiger partial charge in [-0.25, -0.2) is 4.68 Å². The molecule has 0 saturated heterocycles. The minimum atomic E-state index is 1.08. The van der Waals surface area contributed by atoms with Crippen molar-refractivity contribution in [1.82, 2.24) is 9.78 Å². The van der Waals surface area contributed by atoms with Crippen LogP contribution in [0.5, 0.6) is 0 Å². The van der Waals surface area contributed by atoms with E-state index in [0.29, 0.717) is 0 Å². The third-order valence-electron chi connectivity index (χ3n) is 3.59. The van der Waals surface area contributed by atoms with Crippen LogP contribution in [-0.4, -0.2) is 9.78 Å². The van der Waals surface area contributed by atoms with Crippen molar-refractivity contribution >= 4 is 0 Å². The molecule has 0 N–H and O–H groups in total. The lowest BCUT2D eigenvalue weighted by Crippen LogP contribution is -2.05. The van der Waals surface area contributed by atoms with Crippen molar-refractivity contribution in [3.63, 3.8) is 0 Å². The minimum absolute atomic E-state index is 1.08. The number of fused-ring (bicyclic) bond motifs is 1. The molecule has 0 fully saturated rings. The van der Waals surface area contributed by atoms with Gasteiger partial charge in [0.2, 0.25) is 0 Å². The Labute approximate surface area is 116 Å². The van der Waals surface area contributed by atoms with E-state index in [4.69, 9.17) is 0 Å². The van der Waals surface area contributed by atoms with E-state index in [-0.39, 0.29) is 0 Å². The van der Waals surface area contributed by atoms with Gasteiger partial charge in [0.15, 0.2) is 0 Å². The zero-order valence-corrected chi connectivity index (χ0v) is 12.5. The summed E-state index contributed by atoms with van der Waals surface area (Å²) in [5.74, 6) is 0. The summed E-state index contributed by atoms with van der Waals surface area (Å²) in [6, 6.07) is 8.91. The first-order valence-corrected chi connectivity index (χ1v) is 7.39. The monoisotopic (exact) mass is 256 g/mol. The summed E-state index contributed by atoms with van der Waals surface area (Å²) >= 11 is 0. The molecule has 2 heteroatoms. The summed E-state index contributed by atoms with van der Waals surface area (Å²) in [5, 5.41) is 4.55. The normalized spacial score (nSPS) is 13.5. The quantitative estimate of drug-likeness (QED) is 0.739. The number of aromatic nitrogens is 2. The fourth-order valence-corrected chi connectivity index (χ4v) is 2.74. The average Bonchev–Trinajstić information content (AvgIpc) is 2.79. The third kappa shape index (κ3) is 2.89. The predicted octanol–water partition coefficient (Wildman–Crippen LogP) is 4.39. The Morgan fingerprint density at radius 3 is 2.26 bits per heavy atom. The summed E-state index contributed by atoms with van der Waals surface area (Å²) in [5.41, 5.74) is 6.54. The third-order valence-corrected chi connectivity index (χ3v) is 3.59. The number of hydrogen-bond acceptors (Lipinski definition) is 1. The molecule has 0 bridgehead atoms. The molecule has 2 nitrogen and oxygen atoms in total. The Balaban J connectivity index is 0.000000637. The van der Waals surface area contributed by atoms with Crippen LogP contribution in [0.1, 0.15) is 49.2 Å². The molecule has 1 aliphatic rings. The molecule has 1 aromatic heterocycles. The van der Waals surface area contributed by atoms with Gasteiger partial charge in [0.25, 0.3) is 0 Å². The molecule has 0 amide bonds. The van der Waals surface area contributed by atoms with E-state index in [1.54, 1.807) is 0 Å². The molecular weight excluding hydrogens is 232 g/mol. The molecular formula is C17H24N2. The highest BCUT2D eigenvalue weighted by molar-refractivity contribution is 5.42. The van der Waals surface area contributed by atoms with Crippen LogP contribution < -0.4 is 0 Å². The number of aryl methyl sites for hydroxylation is 4. The van der Waals surface area contributed by atoms with Crippen molar-refractivity contribution in [2.75, 3.05) is 0 Å². The van der Waals surface area contributed by atoms with Crippen LogP contribution in [0.15, 0.2) is 24.3 Å². The highest BCUT2D eigenvalue weighted by Gasteiger charge is 2.11. The van der Waals surface area contributed by atoms with Gasteiger partial charge < -0.3 is 0 Å². The first-order valence-electron chi connectivity index (χ1n) is 7.39. The predicted molar refractivity (Wildman–Crippen MR) is 81.0 cm³/mol. The molecule has 1 aliphatic carbocycles. The maximum atomic E-state index is 4.55. The molecule has 102 valence electrons. The number of nitrogens with zero attached hydrogens (tertiary/aromatic N) is 2. The summed E-state index contributed by atoms with van der Waals surface area (Å²) in [6.07, 6.45) is 5.13. The smallest absolute Gasteiger partial charge is 0.0651 e. The van der Waals surface area contributed by atoms with Gasteiger partial charge in [-0.3, -0.25) is 0 Å². The molecule has 0 aliphatic heterocycles. The second kappa shape index (κ2) is 6.05. The fraction of sp³-hybridized carbons (Fsp3) is 0.471. The van der Waals surface area contributed by atoms with E-state index in [2.05, 4.69) is 36.3 Å². The molecule has 0 atom stereocenters. The molecule has 2 aromatic rings. The Bertz CT molecular complexity index is 552. The summed E-state index contributed by atoms with van der Waals surface area (Å²) in [4.78, 5) is 0. The second-order valence-electron chi connectivity index (χ2n) is 5.00. The van der Waals surface area contributed by atoms with Crippen LogP contribution in [0, 0.1) is 13.8 Å². The average molecular weight is 256 g/mol. The lowest BCUT2D eigenvalue weighted by atomic mass is 9.91. The van der Waals surface area contributed by atoms with Crippen molar-refractivity contribution in [2.24, 2.45) is 0 Å². The first kappa shape index (κ1) is 13.9. The number of benzene rings is 1. The van der Waals surface area contributed by atoms with E-state index in [1.165, 1.54) is 48.2 Å². The molecule has 0 spiro atoms. The van der Waals surface area contributed by atoms with Gasteiger partial charge in [-0.05, 0) is 68.9 Å². The van der Waals surface area contributed by atoms with Crippen molar-refractivity contribution in [2.45, 2.75) is 53.4 Å². The molecule has 19 heavy (non-hydrogen) atoms. The lowest BCUT2D eigenvalue weighted by Gasteiger charge is -2.16. The maximum Gasteiger partial charge on any atom is 0.0651 e. The van der Waals surface area contributed by atoms with Crippen molar-refractivity contribution in [3.8, 4) is 5.69 Å². The lowest BCUT2D eigenvalue weighted by molar-refractivity contribution is 0.683. The summed E-state index contributed by atoms with van der Waals surface area (Å²) in [7, 11) is 0. The van der Waals surface area contributed by atoms with Gasteiger partial charge in [0.1, 0.15) is 0 Å². The van der Waals surface area contributed by atoms with E-state index >= 15 is 0 Å². The maximum absolute atomic E-state index is 4.55. The Kier molecular flexibility index (Phi) is 4.41. The zero-order valence-electron chi connectivity index (χ0n) is 12.5. The van der Waals surface area contributed by atoms with Crippen LogP contribution in [-0.2, 0) is 12.8 Å². The molecule has 1 aromatic carbocycles. The number of rotatable bonds is 1. The van der Waals surface area contributed by atoms with Crippen LogP contribution in [0.2, 0.25) is 0 Å². The van der Waals surface area contributed by atoms with Crippen molar-refractivity contribution < 1.29 is 0 Å². The highest BCUT2D eigenvalue weighted by atomic mass is 15.3. The van der Waals surface area contributed by atoms with E-state index in [1.807, 2.05) is 25.5 Å². The minimum Gasteiger partial charge on any atom is -0.238 e. The Hall–Kier alpha value is -1.57. The van der Waals surface area contributed by atoms with Gasteiger partial charge >= 0.3 is 0 Å². The standard InChI is InChI=1S/C15H18N2.C2H6/c1-11-9-12(2)17(16-11)15-8-7-13-5-3-4-6-14(13)10-15;1-2/h7-10H,3-6H2,1-2H3;1-2H3. The summed E-state index contributed by atoms with van der Waals surface area (Å²) in [6.45, 7) is 8.15. The zero-order chi connectivity index (χ0) is 13.8. The topological polar surface area (TPSA) is 17.8 Å². The highest BCUT2D eigenvalue weighted by Crippen LogP contribution is 2.24. The molecule has 3 rings (SSSR count). The summed E-state index contributed by atoms with van der Waals surface area (Å²) < 4.78 is 2.05. The fourth-order valence-electron chi connectivity index (χ4n) is 2.74. The van der Waals surface area contributed by atoms with Crippen LogP contribution in [0.4, 0.5) is 0 Å². The van der Waals surface area contributed by atoms with Crippen molar-refractivity contribution in [1.29, 1.82) is 0 Å². The molecule has 0 saturated carbocycles. The van der Waals surface area contributed by atoms with Crippen molar-refractivity contribution in [3.05, 3.63) is 46.8 Å².